The van der Waals surface area contributed by atoms with E-state index in [1.165, 1.54) is 7.11 Å². The van der Waals surface area contributed by atoms with Gasteiger partial charge >= 0.3 is 5.97 Å². The predicted octanol–water partition coefficient (Wildman–Crippen LogP) is 1.78. The summed E-state index contributed by atoms with van der Waals surface area (Å²) in [5, 5.41) is 3.26. The van der Waals surface area contributed by atoms with Crippen molar-refractivity contribution in [2.75, 3.05) is 26.0 Å². The number of nitrogens with one attached hydrogen (secondary N) is 2. The van der Waals surface area contributed by atoms with Crippen LogP contribution in [0, 0.1) is 0 Å². The summed E-state index contributed by atoms with van der Waals surface area (Å²) in [5.74, 6) is -0.251. The number of anilines is 1. The maximum atomic E-state index is 12.3. The SMILES string of the molecule is COC(=O)c1cccc(NC(=O)CN(C)Cc2nc3ccccc3c(=O)[nH]2)c1. The van der Waals surface area contributed by atoms with Crippen LogP contribution in [-0.2, 0) is 16.1 Å². The summed E-state index contributed by atoms with van der Waals surface area (Å²) in [4.78, 5) is 44.9. The van der Waals surface area contributed by atoms with Crippen LogP contribution < -0.4 is 10.9 Å². The molecule has 0 spiro atoms. The van der Waals surface area contributed by atoms with Crippen molar-refractivity contribution in [3.63, 3.8) is 0 Å². The fourth-order valence-electron chi connectivity index (χ4n) is 2.81. The molecule has 2 aromatic carbocycles. The molecular weight excluding hydrogens is 360 g/mol. The number of likely N-dealkylation sites (N-methyl/N-ethyl adjacent to an activating group) is 1. The molecule has 0 atom stereocenters. The lowest BCUT2D eigenvalue weighted by atomic mass is 10.2. The van der Waals surface area contributed by atoms with Gasteiger partial charge in [0, 0.05) is 5.69 Å². The molecule has 0 aliphatic carbocycles. The fourth-order valence-corrected chi connectivity index (χ4v) is 2.81. The number of carbonyl (C=O) groups is 2. The number of carbonyl (C=O) groups excluding carboxylic acids is 2. The van der Waals surface area contributed by atoms with Crippen LogP contribution in [0.1, 0.15) is 16.2 Å². The number of methoxy groups -OCH3 is 1. The highest BCUT2D eigenvalue weighted by atomic mass is 16.5. The molecule has 0 fully saturated rings. The van der Waals surface area contributed by atoms with Crippen LogP contribution in [0.2, 0.25) is 0 Å². The summed E-state index contributed by atoms with van der Waals surface area (Å²) in [7, 11) is 3.05. The first-order valence-electron chi connectivity index (χ1n) is 8.61. The Hall–Kier alpha value is -3.52. The number of para-hydroxylation sites is 1. The molecule has 1 heterocycles. The Balaban J connectivity index is 1.63. The molecule has 2 N–H and O–H groups in total. The molecule has 8 nitrogen and oxygen atoms in total. The van der Waals surface area contributed by atoms with Gasteiger partial charge in [0.05, 0.1) is 36.7 Å². The van der Waals surface area contributed by atoms with Crippen LogP contribution in [-0.4, -0.2) is 47.4 Å². The first-order chi connectivity index (χ1) is 13.5. The third kappa shape index (κ3) is 4.60. The molecule has 8 heteroatoms. The number of amides is 1. The molecule has 0 aliphatic rings. The molecule has 3 aromatic rings. The number of fused-ring (bicyclic) bond motifs is 1. The second-order valence-corrected chi connectivity index (χ2v) is 6.32. The minimum Gasteiger partial charge on any atom is -0.465 e. The Bertz CT molecular complexity index is 1080. The van der Waals surface area contributed by atoms with E-state index in [9.17, 15) is 14.4 Å². The normalized spacial score (nSPS) is 10.8. The van der Waals surface area contributed by atoms with E-state index >= 15 is 0 Å². The number of benzene rings is 2. The summed E-state index contributed by atoms with van der Waals surface area (Å²) >= 11 is 0. The Morgan fingerprint density at radius 1 is 1.18 bits per heavy atom. The van der Waals surface area contributed by atoms with Gasteiger partial charge in [-0.2, -0.15) is 0 Å². The van der Waals surface area contributed by atoms with Crippen molar-refractivity contribution in [3.8, 4) is 0 Å². The minimum absolute atomic E-state index is 0.0823. The van der Waals surface area contributed by atoms with Crippen molar-refractivity contribution in [2.45, 2.75) is 6.54 Å². The summed E-state index contributed by atoms with van der Waals surface area (Å²) < 4.78 is 4.67. The zero-order valence-corrected chi connectivity index (χ0v) is 15.6. The third-order valence-electron chi connectivity index (χ3n) is 4.06. The van der Waals surface area contributed by atoms with Gasteiger partial charge in [0.1, 0.15) is 5.82 Å². The first kappa shape index (κ1) is 19.2. The van der Waals surface area contributed by atoms with E-state index in [0.717, 1.165) is 0 Å². The molecule has 1 amide bonds. The predicted molar refractivity (Wildman–Crippen MR) is 105 cm³/mol. The van der Waals surface area contributed by atoms with Crippen LogP contribution >= 0.6 is 0 Å². The number of aromatic amines is 1. The Morgan fingerprint density at radius 2 is 1.96 bits per heavy atom. The van der Waals surface area contributed by atoms with E-state index in [1.54, 1.807) is 54.4 Å². The van der Waals surface area contributed by atoms with Crippen molar-refractivity contribution in [3.05, 3.63) is 70.3 Å². The Morgan fingerprint density at radius 3 is 2.75 bits per heavy atom. The average Bonchev–Trinajstić information content (AvgIpc) is 2.67. The van der Waals surface area contributed by atoms with Crippen molar-refractivity contribution < 1.29 is 14.3 Å². The van der Waals surface area contributed by atoms with Gasteiger partial charge in [-0.05, 0) is 37.4 Å². The molecule has 0 unspecified atom stereocenters. The lowest BCUT2D eigenvalue weighted by Gasteiger charge is -2.16. The zero-order valence-electron chi connectivity index (χ0n) is 15.6. The number of ether oxygens (including phenoxy) is 1. The minimum atomic E-state index is -0.473. The van der Waals surface area contributed by atoms with Crippen molar-refractivity contribution >= 4 is 28.5 Å². The van der Waals surface area contributed by atoms with Gasteiger partial charge in [-0.3, -0.25) is 14.5 Å². The van der Waals surface area contributed by atoms with Gasteiger partial charge in [-0.1, -0.05) is 18.2 Å². The summed E-state index contributed by atoms with van der Waals surface area (Å²) in [6.45, 7) is 0.384. The van der Waals surface area contributed by atoms with Gasteiger partial charge in [0.2, 0.25) is 5.91 Å². The maximum Gasteiger partial charge on any atom is 0.337 e. The van der Waals surface area contributed by atoms with E-state index in [0.29, 0.717) is 34.5 Å². The van der Waals surface area contributed by atoms with Crippen molar-refractivity contribution in [2.24, 2.45) is 0 Å². The number of aromatic nitrogens is 2. The summed E-state index contributed by atoms with van der Waals surface area (Å²) in [5.41, 5.74) is 1.25. The molecule has 0 bridgehead atoms. The number of nitrogens with zero attached hydrogens (tertiary/aromatic N) is 2. The zero-order chi connectivity index (χ0) is 20.1. The van der Waals surface area contributed by atoms with Gasteiger partial charge in [0.25, 0.3) is 5.56 Å². The number of esters is 1. The molecule has 0 saturated heterocycles. The molecule has 0 radical (unpaired) electrons. The average molecular weight is 380 g/mol. The summed E-state index contributed by atoms with van der Waals surface area (Å²) in [6.07, 6.45) is 0. The van der Waals surface area contributed by atoms with Gasteiger partial charge in [0.15, 0.2) is 0 Å². The Labute approximate surface area is 161 Å². The number of rotatable bonds is 6. The van der Waals surface area contributed by atoms with Gasteiger partial charge in [-0.25, -0.2) is 9.78 Å². The topological polar surface area (TPSA) is 104 Å². The number of hydrogen-bond donors (Lipinski definition) is 2. The molecule has 144 valence electrons. The van der Waals surface area contributed by atoms with Gasteiger partial charge in [-0.15, -0.1) is 0 Å². The quantitative estimate of drug-likeness (QED) is 0.632. The van der Waals surface area contributed by atoms with Gasteiger partial charge < -0.3 is 15.0 Å². The van der Waals surface area contributed by atoms with E-state index in [4.69, 9.17) is 0 Å². The number of H-pyrrole nitrogens is 1. The van der Waals surface area contributed by atoms with Crippen LogP contribution in [0.5, 0.6) is 0 Å². The molecule has 1 aromatic heterocycles. The second-order valence-electron chi connectivity index (χ2n) is 6.32. The number of hydrogen-bond acceptors (Lipinski definition) is 6. The van der Waals surface area contributed by atoms with Crippen LogP contribution in [0.15, 0.2) is 53.3 Å². The lowest BCUT2D eigenvalue weighted by molar-refractivity contribution is -0.117. The van der Waals surface area contributed by atoms with Crippen molar-refractivity contribution in [1.82, 2.24) is 14.9 Å². The molecular formula is C20H20N4O4. The molecule has 3 rings (SSSR count). The highest BCUT2D eigenvalue weighted by molar-refractivity contribution is 5.95. The highest BCUT2D eigenvalue weighted by Gasteiger charge is 2.12. The first-order valence-corrected chi connectivity index (χ1v) is 8.61. The van der Waals surface area contributed by atoms with Crippen LogP contribution in [0.25, 0.3) is 10.9 Å². The summed E-state index contributed by atoms with van der Waals surface area (Å²) in [6, 6.07) is 13.6. The smallest absolute Gasteiger partial charge is 0.337 e. The van der Waals surface area contributed by atoms with Crippen LogP contribution in [0.4, 0.5) is 5.69 Å². The van der Waals surface area contributed by atoms with E-state index < -0.39 is 5.97 Å². The van der Waals surface area contributed by atoms with E-state index in [1.807, 2.05) is 6.07 Å². The second kappa shape index (κ2) is 8.45. The molecule has 0 aliphatic heterocycles. The monoisotopic (exact) mass is 380 g/mol. The standard InChI is InChI=1S/C20H20N4O4/c1-24(11-17-22-16-9-4-3-8-15(16)19(26)23-17)12-18(25)21-14-7-5-6-13(10-14)20(27)28-2/h3-10H,11-12H2,1-2H3,(H,21,25)(H,22,23,26). The maximum absolute atomic E-state index is 12.3. The van der Waals surface area contributed by atoms with E-state index in [-0.39, 0.29) is 18.0 Å². The molecule has 28 heavy (non-hydrogen) atoms. The largest absolute Gasteiger partial charge is 0.465 e. The Kier molecular flexibility index (Phi) is 5.81. The lowest BCUT2D eigenvalue weighted by Crippen LogP contribution is -2.31. The van der Waals surface area contributed by atoms with Crippen molar-refractivity contribution in [1.29, 1.82) is 0 Å². The highest BCUT2D eigenvalue weighted by Crippen LogP contribution is 2.12. The molecule has 0 saturated carbocycles. The van der Waals surface area contributed by atoms with E-state index in [2.05, 4.69) is 20.0 Å². The van der Waals surface area contributed by atoms with Crippen LogP contribution in [0.3, 0.4) is 0 Å². The third-order valence-corrected chi connectivity index (χ3v) is 4.06. The fraction of sp³-hybridized carbons (Fsp3) is 0.200.